The number of anilines is 1. The second-order valence-corrected chi connectivity index (χ2v) is 6.80. The Morgan fingerprint density at radius 2 is 1.81 bits per heavy atom. The molecule has 27 heavy (non-hydrogen) atoms. The predicted octanol–water partition coefficient (Wildman–Crippen LogP) is 2.86. The van der Waals surface area contributed by atoms with Gasteiger partial charge in [0.05, 0.1) is 11.9 Å². The molecule has 0 radical (unpaired) electrons. The van der Waals surface area contributed by atoms with Crippen molar-refractivity contribution < 1.29 is 4.79 Å². The van der Waals surface area contributed by atoms with Crippen LogP contribution in [0.3, 0.4) is 0 Å². The zero-order valence-electron chi connectivity index (χ0n) is 15.2. The maximum atomic E-state index is 12.7. The number of nitrogens with zero attached hydrogens (tertiary/aromatic N) is 4. The van der Waals surface area contributed by atoms with Crippen molar-refractivity contribution in [1.29, 1.82) is 0 Å². The van der Waals surface area contributed by atoms with E-state index in [-0.39, 0.29) is 5.91 Å². The highest BCUT2D eigenvalue weighted by atomic mass is 16.1. The summed E-state index contributed by atoms with van der Waals surface area (Å²) in [4.78, 5) is 23.4. The van der Waals surface area contributed by atoms with E-state index in [9.17, 15) is 4.79 Å². The lowest BCUT2D eigenvalue weighted by Gasteiger charge is -2.19. The van der Waals surface area contributed by atoms with E-state index in [4.69, 9.17) is 0 Å². The molecule has 2 aromatic heterocycles. The van der Waals surface area contributed by atoms with E-state index in [1.165, 1.54) is 5.56 Å². The van der Waals surface area contributed by atoms with E-state index >= 15 is 0 Å². The van der Waals surface area contributed by atoms with Gasteiger partial charge in [-0.25, -0.2) is 9.97 Å². The molecule has 1 aliphatic rings. The molecule has 138 valence electrons. The van der Waals surface area contributed by atoms with Gasteiger partial charge in [-0.1, -0.05) is 24.3 Å². The lowest BCUT2D eigenvalue weighted by molar-refractivity contribution is 0.0951. The average Bonchev–Trinajstić information content (AvgIpc) is 3.41. The maximum absolute atomic E-state index is 12.7. The van der Waals surface area contributed by atoms with Crippen LogP contribution in [0.15, 0.2) is 61.3 Å². The van der Waals surface area contributed by atoms with Crippen molar-refractivity contribution in [3.05, 3.63) is 78.0 Å². The minimum absolute atomic E-state index is 0.0764. The topological polar surface area (TPSA) is 63.1 Å². The van der Waals surface area contributed by atoms with Gasteiger partial charge in [0.1, 0.15) is 5.82 Å². The van der Waals surface area contributed by atoms with Crippen LogP contribution >= 0.6 is 0 Å². The summed E-state index contributed by atoms with van der Waals surface area (Å²) in [6.45, 7) is 3.23. The second kappa shape index (κ2) is 8.03. The third-order valence-corrected chi connectivity index (χ3v) is 4.84. The van der Waals surface area contributed by atoms with Gasteiger partial charge in [-0.05, 0) is 36.1 Å². The Hall–Kier alpha value is -3.15. The quantitative estimate of drug-likeness (QED) is 0.733. The van der Waals surface area contributed by atoms with Gasteiger partial charge in [-0.2, -0.15) is 0 Å². The highest BCUT2D eigenvalue weighted by Crippen LogP contribution is 2.21. The van der Waals surface area contributed by atoms with Crippen molar-refractivity contribution in [3.8, 4) is 0 Å². The van der Waals surface area contributed by atoms with Crippen LogP contribution < -0.4 is 10.2 Å². The first-order valence-corrected chi connectivity index (χ1v) is 9.31. The second-order valence-electron chi connectivity index (χ2n) is 6.80. The number of pyridine rings is 1. The van der Waals surface area contributed by atoms with E-state index in [0.29, 0.717) is 12.1 Å². The van der Waals surface area contributed by atoms with E-state index in [1.54, 1.807) is 18.7 Å². The summed E-state index contributed by atoms with van der Waals surface area (Å²) in [6, 6.07) is 11.9. The summed E-state index contributed by atoms with van der Waals surface area (Å²) < 4.78 is 2.03. The SMILES string of the molecule is O=C(NCc1ccc(Cn2ccnc2)cc1)c1cccnc1N1CCCC1. The molecule has 0 aliphatic carbocycles. The molecule has 1 fully saturated rings. The van der Waals surface area contributed by atoms with Gasteiger partial charge in [0.25, 0.3) is 5.91 Å². The van der Waals surface area contributed by atoms with Gasteiger partial charge in [-0.15, -0.1) is 0 Å². The summed E-state index contributed by atoms with van der Waals surface area (Å²) in [5, 5.41) is 3.02. The molecule has 1 aliphatic heterocycles. The molecular weight excluding hydrogens is 338 g/mol. The highest BCUT2D eigenvalue weighted by Gasteiger charge is 2.20. The largest absolute Gasteiger partial charge is 0.356 e. The third kappa shape index (κ3) is 4.16. The van der Waals surface area contributed by atoms with Crippen molar-refractivity contribution in [2.75, 3.05) is 18.0 Å². The van der Waals surface area contributed by atoms with Crippen LogP contribution in [0.1, 0.15) is 34.3 Å². The van der Waals surface area contributed by atoms with Gasteiger partial charge >= 0.3 is 0 Å². The molecule has 0 bridgehead atoms. The lowest BCUT2D eigenvalue weighted by Crippen LogP contribution is -2.27. The number of carbonyl (C=O) groups is 1. The van der Waals surface area contributed by atoms with Crippen molar-refractivity contribution in [1.82, 2.24) is 19.9 Å². The highest BCUT2D eigenvalue weighted by molar-refractivity contribution is 5.98. The van der Waals surface area contributed by atoms with Crippen molar-refractivity contribution in [2.45, 2.75) is 25.9 Å². The Bertz CT molecular complexity index is 883. The number of hydrogen-bond donors (Lipinski definition) is 1. The van der Waals surface area contributed by atoms with Crippen molar-refractivity contribution in [3.63, 3.8) is 0 Å². The minimum atomic E-state index is -0.0764. The van der Waals surface area contributed by atoms with Crippen LogP contribution in [0.4, 0.5) is 5.82 Å². The van der Waals surface area contributed by atoms with E-state index < -0.39 is 0 Å². The van der Waals surface area contributed by atoms with E-state index in [2.05, 4.69) is 44.5 Å². The monoisotopic (exact) mass is 361 g/mol. The minimum Gasteiger partial charge on any atom is -0.356 e. The number of nitrogens with one attached hydrogen (secondary N) is 1. The Labute approximate surface area is 158 Å². The van der Waals surface area contributed by atoms with Crippen LogP contribution in [0.5, 0.6) is 0 Å². The molecule has 3 heterocycles. The van der Waals surface area contributed by atoms with Crippen LogP contribution in [0.25, 0.3) is 0 Å². The van der Waals surface area contributed by atoms with Crippen LogP contribution in [0.2, 0.25) is 0 Å². The van der Waals surface area contributed by atoms with Crippen molar-refractivity contribution >= 4 is 11.7 Å². The predicted molar refractivity (Wildman–Crippen MR) is 105 cm³/mol. The molecule has 3 aromatic rings. The van der Waals surface area contributed by atoms with Crippen molar-refractivity contribution in [2.24, 2.45) is 0 Å². The number of imidazole rings is 1. The van der Waals surface area contributed by atoms with E-state index in [1.807, 2.05) is 22.9 Å². The Kier molecular flexibility index (Phi) is 5.14. The van der Waals surface area contributed by atoms with Gasteiger partial charge in [0, 0.05) is 44.8 Å². The molecule has 1 saturated heterocycles. The Morgan fingerprint density at radius 3 is 2.56 bits per heavy atom. The number of amides is 1. The van der Waals surface area contributed by atoms with Crippen LogP contribution in [0, 0.1) is 0 Å². The third-order valence-electron chi connectivity index (χ3n) is 4.84. The number of hydrogen-bond acceptors (Lipinski definition) is 4. The number of aromatic nitrogens is 3. The standard InChI is InChI=1S/C21H23N5O/c27-21(19-4-3-9-23-20(19)26-11-1-2-12-26)24-14-17-5-7-18(8-6-17)15-25-13-10-22-16-25/h3-10,13,16H,1-2,11-12,14-15H2,(H,24,27). The fourth-order valence-electron chi connectivity index (χ4n) is 3.39. The zero-order valence-corrected chi connectivity index (χ0v) is 15.2. The summed E-state index contributed by atoms with van der Waals surface area (Å²) in [7, 11) is 0. The summed E-state index contributed by atoms with van der Waals surface area (Å²) in [6.07, 6.45) is 9.59. The molecule has 1 aromatic carbocycles. The molecule has 6 nitrogen and oxygen atoms in total. The Balaban J connectivity index is 1.38. The summed E-state index contributed by atoms with van der Waals surface area (Å²) in [5.41, 5.74) is 2.92. The van der Waals surface area contributed by atoms with Crippen LogP contribution in [-0.2, 0) is 13.1 Å². The van der Waals surface area contributed by atoms with Crippen LogP contribution in [-0.4, -0.2) is 33.5 Å². The fourth-order valence-corrected chi connectivity index (χ4v) is 3.39. The molecular formula is C21H23N5O. The van der Waals surface area contributed by atoms with Gasteiger partial charge in [0.15, 0.2) is 0 Å². The first-order valence-electron chi connectivity index (χ1n) is 9.31. The maximum Gasteiger partial charge on any atom is 0.255 e. The zero-order chi connectivity index (χ0) is 18.5. The normalized spacial score (nSPS) is 13.7. The molecule has 0 saturated carbocycles. The first-order chi connectivity index (χ1) is 13.3. The number of benzene rings is 1. The van der Waals surface area contributed by atoms with Gasteiger partial charge in [-0.3, -0.25) is 4.79 Å². The summed E-state index contributed by atoms with van der Waals surface area (Å²) >= 11 is 0. The van der Waals surface area contributed by atoms with Gasteiger partial charge < -0.3 is 14.8 Å². The smallest absolute Gasteiger partial charge is 0.255 e. The molecule has 6 heteroatoms. The molecule has 1 N–H and O–H groups in total. The lowest BCUT2D eigenvalue weighted by atomic mass is 10.1. The molecule has 0 spiro atoms. The fraction of sp³-hybridized carbons (Fsp3) is 0.286. The number of carbonyl (C=O) groups excluding carboxylic acids is 1. The summed E-state index contributed by atoms with van der Waals surface area (Å²) in [5.74, 6) is 0.718. The number of rotatable bonds is 6. The molecule has 4 rings (SSSR count). The first kappa shape index (κ1) is 17.3. The molecule has 1 amide bonds. The molecule has 0 unspecified atom stereocenters. The average molecular weight is 361 g/mol. The Morgan fingerprint density at radius 1 is 1.04 bits per heavy atom. The van der Waals surface area contributed by atoms with E-state index in [0.717, 1.165) is 43.9 Å². The molecule has 0 atom stereocenters. The van der Waals surface area contributed by atoms with Gasteiger partial charge in [0.2, 0.25) is 0 Å².